The third-order valence-corrected chi connectivity index (χ3v) is 4.26. The third-order valence-electron chi connectivity index (χ3n) is 4.26. The Balaban J connectivity index is 2.02. The number of Topliss-reactive ketones (excluding diaryl/α,β-unsaturated/α-hetero) is 1. The number of carbonyl (C=O) groups excluding carboxylic acids is 1. The minimum Gasteiger partial charge on any atom is -0.384 e. The first-order chi connectivity index (χ1) is 8.24. The highest BCUT2D eigenvalue weighted by Crippen LogP contribution is 2.36. The van der Waals surface area contributed by atoms with E-state index in [1.54, 1.807) is 7.11 Å². The highest BCUT2D eigenvalue weighted by Gasteiger charge is 2.38. The van der Waals surface area contributed by atoms with Gasteiger partial charge in [0, 0.05) is 32.5 Å². The first-order valence-corrected chi connectivity index (χ1v) is 6.99. The Morgan fingerprint density at radius 3 is 3.00 bits per heavy atom. The van der Waals surface area contributed by atoms with Gasteiger partial charge in [0.1, 0.15) is 5.78 Å². The molecule has 2 fully saturated rings. The van der Waals surface area contributed by atoms with E-state index in [2.05, 4.69) is 11.8 Å². The summed E-state index contributed by atoms with van der Waals surface area (Å²) >= 11 is 0. The van der Waals surface area contributed by atoms with E-state index in [1.165, 1.54) is 19.4 Å². The number of fused-ring (bicyclic) bond motifs is 1. The Hall–Kier alpha value is -0.410. The van der Waals surface area contributed by atoms with Gasteiger partial charge >= 0.3 is 0 Å². The van der Waals surface area contributed by atoms with Gasteiger partial charge in [0.2, 0.25) is 0 Å². The molecule has 1 saturated heterocycles. The normalized spacial score (nSPS) is 34.7. The van der Waals surface area contributed by atoms with E-state index in [-0.39, 0.29) is 0 Å². The van der Waals surface area contributed by atoms with Gasteiger partial charge in [0.25, 0.3) is 0 Å². The molecular weight excluding hydrogens is 214 g/mol. The number of likely N-dealkylation sites (tertiary alicyclic amines) is 1. The van der Waals surface area contributed by atoms with E-state index in [4.69, 9.17) is 4.74 Å². The fraction of sp³-hybridized carbons (Fsp3) is 0.929. The molecule has 3 nitrogen and oxygen atoms in total. The molecule has 17 heavy (non-hydrogen) atoms. The van der Waals surface area contributed by atoms with Gasteiger partial charge in [-0.1, -0.05) is 6.92 Å². The zero-order valence-corrected chi connectivity index (χ0v) is 11.2. The molecule has 0 radical (unpaired) electrons. The van der Waals surface area contributed by atoms with Crippen molar-refractivity contribution in [2.45, 2.75) is 45.1 Å². The Labute approximate surface area is 105 Å². The maximum atomic E-state index is 11.6. The molecule has 98 valence electrons. The molecular formula is C14H25NO2. The van der Waals surface area contributed by atoms with Crippen molar-refractivity contribution < 1.29 is 9.53 Å². The van der Waals surface area contributed by atoms with Crippen LogP contribution in [0.4, 0.5) is 0 Å². The SMILES string of the molecule is CCCN1CC(COC)CC2CC(=O)CCC21. The summed E-state index contributed by atoms with van der Waals surface area (Å²) in [5, 5.41) is 0. The van der Waals surface area contributed by atoms with Crippen molar-refractivity contribution in [3.8, 4) is 0 Å². The summed E-state index contributed by atoms with van der Waals surface area (Å²) in [6.45, 7) is 5.42. The van der Waals surface area contributed by atoms with Crippen LogP contribution in [0.25, 0.3) is 0 Å². The van der Waals surface area contributed by atoms with Gasteiger partial charge in [-0.2, -0.15) is 0 Å². The quantitative estimate of drug-likeness (QED) is 0.752. The predicted octanol–water partition coefficient (Wildman–Crippen LogP) is 2.10. The van der Waals surface area contributed by atoms with E-state index in [9.17, 15) is 4.79 Å². The maximum Gasteiger partial charge on any atom is 0.133 e. The average molecular weight is 239 g/mol. The van der Waals surface area contributed by atoms with Crippen molar-refractivity contribution in [3.05, 3.63) is 0 Å². The number of hydrogen-bond acceptors (Lipinski definition) is 3. The maximum absolute atomic E-state index is 11.6. The number of ether oxygens (including phenoxy) is 1. The smallest absolute Gasteiger partial charge is 0.133 e. The molecule has 0 bridgehead atoms. The van der Waals surface area contributed by atoms with Crippen LogP contribution in [-0.2, 0) is 9.53 Å². The summed E-state index contributed by atoms with van der Waals surface area (Å²) in [7, 11) is 1.78. The van der Waals surface area contributed by atoms with Crippen LogP contribution in [0.3, 0.4) is 0 Å². The summed E-state index contributed by atoms with van der Waals surface area (Å²) in [4.78, 5) is 14.2. The standard InChI is InChI=1S/C14H25NO2/c1-3-6-15-9-11(10-17-2)7-12-8-13(16)4-5-14(12)15/h11-12,14H,3-10H2,1-2H3. The molecule has 1 aliphatic carbocycles. The van der Waals surface area contributed by atoms with E-state index < -0.39 is 0 Å². The number of nitrogens with zero attached hydrogens (tertiary/aromatic N) is 1. The molecule has 1 heterocycles. The first-order valence-electron chi connectivity index (χ1n) is 6.99. The fourth-order valence-corrected chi connectivity index (χ4v) is 3.67. The second-order valence-electron chi connectivity index (χ2n) is 5.66. The molecule has 3 heteroatoms. The number of piperidine rings is 1. The molecule has 1 aliphatic heterocycles. The van der Waals surface area contributed by atoms with Crippen LogP contribution in [-0.4, -0.2) is 43.5 Å². The van der Waals surface area contributed by atoms with Crippen molar-refractivity contribution in [2.75, 3.05) is 26.8 Å². The molecule has 2 aliphatic rings. The van der Waals surface area contributed by atoms with E-state index in [0.29, 0.717) is 23.7 Å². The lowest BCUT2D eigenvalue weighted by Crippen LogP contribution is -2.52. The molecule has 0 spiro atoms. The van der Waals surface area contributed by atoms with Crippen molar-refractivity contribution in [1.82, 2.24) is 4.90 Å². The lowest BCUT2D eigenvalue weighted by molar-refractivity contribution is -0.125. The zero-order valence-electron chi connectivity index (χ0n) is 11.2. The Kier molecular flexibility index (Phi) is 4.57. The van der Waals surface area contributed by atoms with Gasteiger partial charge < -0.3 is 4.74 Å². The highest BCUT2D eigenvalue weighted by atomic mass is 16.5. The van der Waals surface area contributed by atoms with Crippen LogP contribution in [0.15, 0.2) is 0 Å². The second kappa shape index (κ2) is 5.96. The van der Waals surface area contributed by atoms with E-state index >= 15 is 0 Å². The largest absolute Gasteiger partial charge is 0.384 e. The van der Waals surface area contributed by atoms with Gasteiger partial charge in [0.05, 0.1) is 6.61 Å². The van der Waals surface area contributed by atoms with E-state index in [0.717, 1.165) is 32.4 Å². The number of hydrogen-bond donors (Lipinski definition) is 0. The van der Waals surface area contributed by atoms with Crippen LogP contribution >= 0.6 is 0 Å². The fourth-order valence-electron chi connectivity index (χ4n) is 3.67. The molecule has 0 aromatic heterocycles. The van der Waals surface area contributed by atoms with Gasteiger partial charge in [-0.25, -0.2) is 0 Å². The van der Waals surface area contributed by atoms with Gasteiger partial charge in [-0.05, 0) is 37.6 Å². The lowest BCUT2D eigenvalue weighted by atomic mass is 9.74. The highest BCUT2D eigenvalue weighted by molar-refractivity contribution is 5.79. The van der Waals surface area contributed by atoms with Crippen molar-refractivity contribution >= 4 is 5.78 Å². The summed E-state index contributed by atoms with van der Waals surface area (Å²) in [6.07, 6.45) is 5.09. The van der Waals surface area contributed by atoms with Crippen molar-refractivity contribution in [1.29, 1.82) is 0 Å². The molecule has 2 rings (SSSR count). The summed E-state index contributed by atoms with van der Waals surface area (Å²) in [5.74, 6) is 1.69. The van der Waals surface area contributed by atoms with Crippen LogP contribution in [0.5, 0.6) is 0 Å². The summed E-state index contributed by atoms with van der Waals surface area (Å²) in [6, 6.07) is 0.667. The summed E-state index contributed by atoms with van der Waals surface area (Å²) < 4.78 is 5.30. The van der Waals surface area contributed by atoms with Crippen LogP contribution < -0.4 is 0 Å². The van der Waals surface area contributed by atoms with Crippen molar-refractivity contribution in [2.24, 2.45) is 11.8 Å². The molecule has 0 amide bonds. The van der Waals surface area contributed by atoms with E-state index in [1.807, 2.05) is 0 Å². The minimum absolute atomic E-state index is 0.473. The summed E-state index contributed by atoms with van der Waals surface area (Å²) in [5.41, 5.74) is 0. The Morgan fingerprint density at radius 1 is 1.47 bits per heavy atom. The van der Waals surface area contributed by atoms with Gasteiger partial charge in [0.15, 0.2) is 0 Å². The lowest BCUT2D eigenvalue weighted by Gasteiger charge is -2.46. The predicted molar refractivity (Wildman–Crippen MR) is 68.0 cm³/mol. The minimum atomic E-state index is 0.473. The zero-order chi connectivity index (χ0) is 12.3. The molecule has 0 N–H and O–H groups in total. The van der Waals surface area contributed by atoms with Crippen LogP contribution in [0, 0.1) is 11.8 Å². The molecule has 0 aromatic rings. The average Bonchev–Trinajstić information content (AvgIpc) is 2.29. The van der Waals surface area contributed by atoms with Crippen LogP contribution in [0.1, 0.15) is 39.0 Å². The number of ketones is 1. The monoisotopic (exact) mass is 239 g/mol. The van der Waals surface area contributed by atoms with Gasteiger partial charge in [-0.3, -0.25) is 9.69 Å². The van der Waals surface area contributed by atoms with Gasteiger partial charge in [-0.15, -0.1) is 0 Å². The first kappa shape index (κ1) is 13.0. The second-order valence-corrected chi connectivity index (χ2v) is 5.66. The number of rotatable bonds is 4. The van der Waals surface area contributed by atoms with Crippen LogP contribution in [0.2, 0.25) is 0 Å². The topological polar surface area (TPSA) is 29.5 Å². The Bertz CT molecular complexity index is 267. The molecule has 0 aromatic carbocycles. The Morgan fingerprint density at radius 2 is 2.29 bits per heavy atom. The number of methoxy groups -OCH3 is 1. The van der Waals surface area contributed by atoms with Crippen molar-refractivity contribution in [3.63, 3.8) is 0 Å². The third kappa shape index (κ3) is 3.08. The molecule has 3 atom stereocenters. The molecule has 3 unspecified atom stereocenters. The number of carbonyl (C=O) groups is 1. The molecule has 1 saturated carbocycles.